The lowest BCUT2D eigenvalue weighted by Crippen LogP contribution is -2.40. The van der Waals surface area contributed by atoms with E-state index in [2.05, 4.69) is 20.6 Å². The molecular formula is C19H29N5O3. The molecule has 0 bridgehead atoms. The molecule has 1 aromatic rings. The number of aromatic nitrogens is 2. The highest BCUT2D eigenvalue weighted by atomic mass is 16.5. The summed E-state index contributed by atoms with van der Waals surface area (Å²) in [7, 11) is 0. The third-order valence-corrected chi connectivity index (χ3v) is 5.14. The zero-order valence-corrected chi connectivity index (χ0v) is 15.8. The van der Waals surface area contributed by atoms with Gasteiger partial charge in [0, 0.05) is 32.5 Å². The Morgan fingerprint density at radius 1 is 1.07 bits per heavy atom. The summed E-state index contributed by atoms with van der Waals surface area (Å²) in [4.78, 5) is 34.4. The van der Waals surface area contributed by atoms with Gasteiger partial charge in [0.25, 0.3) is 0 Å². The summed E-state index contributed by atoms with van der Waals surface area (Å²) in [5.74, 6) is 1.07. The van der Waals surface area contributed by atoms with Crippen molar-refractivity contribution in [3.8, 4) is 0 Å². The van der Waals surface area contributed by atoms with E-state index in [1.807, 2.05) is 0 Å². The molecule has 2 fully saturated rings. The molecule has 1 aliphatic heterocycles. The van der Waals surface area contributed by atoms with Crippen molar-refractivity contribution in [3.05, 3.63) is 12.4 Å². The lowest BCUT2D eigenvalue weighted by molar-refractivity contribution is -0.136. The Hall–Kier alpha value is -2.22. The molecule has 2 aliphatic rings. The van der Waals surface area contributed by atoms with Gasteiger partial charge in [-0.15, -0.1) is 0 Å². The molecule has 1 saturated heterocycles. The second-order valence-corrected chi connectivity index (χ2v) is 7.22. The van der Waals surface area contributed by atoms with Gasteiger partial charge in [0.15, 0.2) is 0 Å². The van der Waals surface area contributed by atoms with Crippen molar-refractivity contribution in [2.24, 2.45) is 5.92 Å². The van der Waals surface area contributed by atoms with Gasteiger partial charge in [0.2, 0.25) is 17.8 Å². The third kappa shape index (κ3) is 6.46. The molecule has 2 N–H and O–H groups in total. The van der Waals surface area contributed by atoms with Crippen LogP contribution in [-0.4, -0.2) is 59.5 Å². The first-order valence-electron chi connectivity index (χ1n) is 9.92. The van der Waals surface area contributed by atoms with E-state index in [0.29, 0.717) is 43.9 Å². The average Bonchev–Trinajstić information content (AvgIpc) is 2.73. The number of amides is 2. The van der Waals surface area contributed by atoms with Crippen LogP contribution in [0.5, 0.6) is 0 Å². The summed E-state index contributed by atoms with van der Waals surface area (Å²) in [6, 6.07) is 0. The van der Waals surface area contributed by atoms with Gasteiger partial charge < -0.3 is 20.3 Å². The first-order valence-corrected chi connectivity index (χ1v) is 9.92. The SMILES string of the molecule is O=C(CCC(=O)N1CCOCC1)Nc1cnc(NCC2CCCCC2)nc1. The Labute approximate surface area is 160 Å². The summed E-state index contributed by atoms with van der Waals surface area (Å²) in [5, 5.41) is 6.02. The van der Waals surface area contributed by atoms with E-state index >= 15 is 0 Å². The van der Waals surface area contributed by atoms with Crippen molar-refractivity contribution in [1.82, 2.24) is 14.9 Å². The van der Waals surface area contributed by atoms with Crippen LogP contribution in [-0.2, 0) is 14.3 Å². The van der Waals surface area contributed by atoms with Crippen LogP contribution < -0.4 is 10.6 Å². The van der Waals surface area contributed by atoms with E-state index in [1.54, 1.807) is 17.3 Å². The number of hydrogen-bond donors (Lipinski definition) is 2. The van der Waals surface area contributed by atoms with Crippen LogP contribution in [0.3, 0.4) is 0 Å². The Bertz CT molecular complexity index is 610. The number of ether oxygens (including phenoxy) is 1. The second kappa shape index (κ2) is 10.2. The fraction of sp³-hybridized carbons (Fsp3) is 0.684. The van der Waals surface area contributed by atoms with Gasteiger partial charge in [-0.3, -0.25) is 9.59 Å². The molecule has 2 heterocycles. The highest BCUT2D eigenvalue weighted by molar-refractivity contribution is 5.93. The monoisotopic (exact) mass is 375 g/mol. The fourth-order valence-corrected chi connectivity index (χ4v) is 3.53. The molecule has 0 radical (unpaired) electrons. The molecule has 8 nitrogen and oxygen atoms in total. The first-order chi connectivity index (χ1) is 13.2. The fourth-order valence-electron chi connectivity index (χ4n) is 3.53. The molecule has 2 amide bonds. The molecule has 1 aliphatic carbocycles. The van der Waals surface area contributed by atoms with Crippen LogP contribution in [0, 0.1) is 5.92 Å². The number of nitrogens with one attached hydrogen (secondary N) is 2. The lowest BCUT2D eigenvalue weighted by Gasteiger charge is -2.26. The summed E-state index contributed by atoms with van der Waals surface area (Å²) < 4.78 is 5.22. The van der Waals surface area contributed by atoms with Gasteiger partial charge >= 0.3 is 0 Å². The topological polar surface area (TPSA) is 96.5 Å². The summed E-state index contributed by atoms with van der Waals surface area (Å²) in [5.41, 5.74) is 0.544. The van der Waals surface area contributed by atoms with Gasteiger partial charge in [-0.1, -0.05) is 19.3 Å². The van der Waals surface area contributed by atoms with E-state index < -0.39 is 0 Å². The molecular weight excluding hydrogens is 346 g/mol. The zero-order chi connectivity index (χ0) is 18.9. The molecule has 0 atom stereocenters. The van der Waals surface area contributed by atoms with E-state index in [9.17, 15) is 9.59 Å². The van der Waals surface area contributed by atoms with Crippen LogP contribution in [0.25, 0.3) is 0 Å². The van der Waals surface area contributed by atoms with Gasteiger partial charge in [0.1, 0.15) is 0 Å². The number of rotatable bonds is 7. The van der Waals surface area contributed by atoms with E-state index in [1.165, 1.54) is 32.1 Å². The molecule has 0 spiro atoms. The molecule has 148 valence electrons. The predicted octanol–water partition coefficient (Wildman–Crippen LogP) is 2.05. The van der Waals surface area contributed by atoms with Gasteiger partial charge in [-0.25, -0.2) is 9.97 Å². The van der Waals surface area contributed by atoms with Crippen molar-refractivity contribution >= 4 is 23.5 Å². The van der Waals surface area contributed by atoms with Crippen LogP contribution in [0.1, 0.15) is 44.9 Å². The van der Waals surface area contributed by atoms with Crippen LogP contribution >= 0.6 is 0 Å². The average molecular weight is 375 g/mol. The lowest BCUT2D eigenvalue weighted by atomic mass is 9.89. The van der Waals surface area contributed by atoms with Crippen molar-refractivity contribution in [1.29, 1.82) is 0 Å². The third-order valence-electron chi connectivity index (χ3n) is 5.14. The van der Waals surface area contributed by atoms with Gasteiger partial charge in [0.05, 0.1) is 31.3 Å². The molecule has 1 aromatic heterocycles. The molecule has 1 saturated carbocycles. The smallest absolute Gasteiger partial charge is 0.224 e. The van der Waals surface area contributed by atoms with Gasteiger partial charge in [-0.05, 0) is 18.8 Å². The minimum Gasteiger partial charge on any atom is -0.378 e. The highest BCUT2D eigenvalue weighted by Gasteiger charge is 2.18. The summed E-state index contributed by atoms with van der Waals surface area (Å²) >= 11 is 0. The van der Waals surface area contributed by atoms with Crippen molar-refractivity contribution in [2.45, 2.75) is 44.9 Å². The summed E-state index contributed by atoms with van der Waals surface area (Å²) in [6.07, 6.45) is 10.0. The maximum atomic E-state index is 12.1. The number of morpholine rings is 1. The Kier molecular flexibility index (Phi) is 7.38. The highest BCUT2D eigenvalue weighted by Crippen LogP contribution is 2.23. The summed E-state index contributed by atoms with van der Waals surface area (Å²) in [6.45, 7) is 3.23. The van der Waals surface area contributed by atoms with Crippen molar-refractivity contribution < 1.29 is 14.3 Å². The van der Waals surface area contributed by atoms with Crippen LogP contribution in [0.2, 0.25) is 0 Å². The quantitative estimate of drug-likeness (QED) is 0.757. The van der Waals surface area contributed by atoms with E-state index in [0.717, 1.165) is 6.54 Å². The normalized spacial score (nSPS) is 18.1. The number of carbonyl (C=O) groups is 2. The number of nitrogens with zero attached hydrogens (tertiary/aromatic N) is 3. The standard InChI is InChI=1S/C19H29N5O3/c25-17(6-7-18(26)24-8-10-27-11-9-24)23-16-13-21-19(22-14-16)20-12-15-4-2-1-3-5-15/h13-15H,1-12H2,(H,23,25)(H,20,21,22). The minimum absolute atomic E-state index is 0.00744. The molecule has 0 unspecified atom stereocenters. The zero-order valence-electron chi connectivity index (χ0n) is 15.8. The van der Waals surface area contributed by atoms with E-state index in [-0.39, 0.29) is 24.7 Å². The maximum absolute atomic E-state index is 12.1. The van der Waals surface area contributed by atoms with Crippen molar-refractivity contribution in [2.75, 3.05) is 43.5 Å². The maximum Gasteiger partial charge on any atom is 0.224 e. The first kappa shape index (κ1) is 19.5. The molecule has 0 aromatic carbocycles. The van der Waals surface area contributed by atoms with Crippen molar-refractivity contribution in [3.63, 3.8) is 0 Å². The van der Waals surface area contributed by atoms with Crippen LogP contribution in [0.4, 0.5) is 11.6 Å². The Morgan fingerprint density at radius 2 is 1.78 bits per heavy atom. The minimum atomic E-state index is -0.205. The molecule has 27 heavy (non-hydrogen) atoms. The Balaban J connectivity index is 1.36. The van der Waals surface area contributed by atoms with Gasteiger partial charge in [-0.2, -0.15) is 0 Å². The largest absolute Gasteiger partial charge is 0.378 e. The number of hydrogen-bond acceptors (Lipinski definition) is 6. The molecule has 8 heteroatoms. The van der Waals surface area contributed by atoms with E-state index in [4.69, 9.17) is 4.74 Å². The second-order valence-electron chi connectivity index (χ2n) is 7.22. The number of anilines is 2. The Morgan fingerprint density at radius 3 is 2.48 bits per heavy atom. The predicted molar refractivity (Wildman–Crippen MR) is 102 cm³/mol. The number of carbonyl (C=O) groups excluding carboxylic acids is 2. The molecule has 3 rings (SSSR count). The van der Waals surface area contributed by atoms with Crippen LogP contribution in [0.15, 0.2) is 12.4 Å².